The lowest BCUT2D eigenvalue weighted by atomic mass is 10.1. The predicted octanol–water partition coefficient (Wildman–Crippen LogP) is 1.44. The standard InChI is InChI=1S/C20H28N4O5S/c1-2-21-20(25)19-18(23(26)16-9-4-5-10-17(16)24(19)27)15-30(28,29)14-8-13-22-11-6-3-7-12-22/h4-5,9-10H,2-3,6-8,11-15H2,1H3,(H,21,25). The van der Waals surface area contributed by atoms with Crippen molar-refractivity contribution in [1.82, 2.24) is 14.9 Å². The Morgan fingerprint density at radius 2 is 1.90 bits per heavy atom. The topological polar surface area (TPSA) is 117 Å². The van der Waals surface area contributed by atoms with Gasteiger partial charge in [-0.05, 0) is 51.9 Å². The van der Waals surface area contributed by atoms with Gasteiger partial charge in [0, 0.05) is 17.5 Å². The highest BCUT2D eigenvalue weighted by Crippen LogP contribution is 2.18. The molecule has 1 amide bonds. The van der Waals surface area contributed by atoms with Crippen molar-refractivity contribution in [3.63, 3.8) is 0 Å². The molecule has 1 aliphatic rings. The molecule has 3 rings (SSSR count). The first-order chi connectivity index (χ1) is 14.3. The fourth-order valence-electron chi connectivity index (χ4n) is 3.85. The summed E-state index contributed by atoms with van der Waals surface area (Å²) in [4.78, 5) is 27.6. The first kappa shape index (κ1) is 22.2. The van der Waals surface area contributed by atoms with Crippen molar-refractivity contribution in [2.24, 2.45) is 0 Å². The lowest BCUT2D eigenvalue weighted by molar-refractivity contribution is -0.468. The average Bonchev–Trinajstić information content (AvgIpc) is 2.72. The Morgan fingerprint density at radius 3 is 2.60 bits per heavy atom. The summed E-state index contributed by atoms with van der Waals surface area (Å²) >= 11 is 0. The Hall–Kier alpha value is -2.46. The van der Waals surface area contributed by atoms with E-state index in [1.54, 1.807) is 19.1 Å². The van der Waals surface area contributed by atoms with Crippen LogP contribution in [0.1, 0.15) is 48.8 Å². The largest absolute Gasteiger partial charge is 0.805 e. The number of benzene rings is 1. The molecule has 0 saturated carbocycles. The van der Waals surface area contributed by atoms with E-state index in [0.29, 0.717) is 22.1 Å². The lowest BCUT2D eigenvalue weighted by Gasteiger charge is -2.26. The molecule has 164 valence electrons. The second-order valence-corrected chi connectivity index (χ2v) is 9.76. The highest BCUT2D eigenvalue weighted by atomic mass is 32.2. The van der Waals surface area contributed by atoms with Gasteiger partial charge >= 0.3 is 11.6 Å². The number of hydrogen-bond donors (Lipinski definition) is 1. The van der Waals surface area contributed by atoms with Crippen LogP contribution >= 0.6 is 0 Å². The molecule has 0 aliphatic carbocycles. The molecule has 0 bridgehead atoms. The summed E-state index contributed by atoms with van der Waals surface area (Å²) in [6.45, 7) is 4.55. The highest BCUT2D eigenvalue weighted by Gasteiger charge is 2.31. The van der Waals surface area contributed by atoms with E-state index in [4.69, 9.17) is 0 Å². The van der Waals surface area contributed by atoms with Gasteiger partial charge < -0.3 is 20.2 Å². The second-order valence-electron chi connectivity index (χ2n) is 7.58. The van der Waals surface area contributed by atoms with E-state index in [0.717, 1.165) is 25.9 Å². The minimum absolute atomic E-state index is 0.0139. The summed E-state index contributed by atoms with van der Waals surface area (Å²) in [5.41, 5.74) is -0.767. The van der Waals surface area contributed by atoms with Crippen LogP contribution in [0.4, 0.5) is 0 Å². The van der Waals surface area contributed by atoms with Crippen LogP contribution in [0.3, 0.4) is 0 Å². The van der Waals surface area contributed by atoms with E-state index in [-0.39, 0.29) is 29.0 Å². The molecule has 9 nitrogen and oxygen atoms in total. The van der Waals surface area contributed by atoms with Crippen LogP contribution in [-0.2, 0) is 15.6 Å². The molecule has 1 aromatic carbocycles. The van der Waals surface area contributed by atoms with Crippen molar-refractivity contribution in [2.45, 2.75) is 38.4 Å². The van der Waals surface area contributed by atoms with Gasteiger partial charge in [0.25, 0.3) is 5.52 Å². The zero-order chi connectivity index (χ0) is 21.7. The number of carbonyl (C=O) groups excluding carboxylic acids is 1. The third-order valence-corrected chi connectivity index (χ3v) is 6.95. The van der Waals surface area contributed by atoms with Crippen LogP contribution in [-0.4, -0.2) is 55.9 Å². The van der Waals surface area contributed by atoms with Gasteiger partial charge in [0.2, 0.25) is 0 Å². The van der Waals surface area contributed by atoms with Crippen LogP contribution in [0.15, 0.2) is 24.3 Å². The Bertz CT molecular complexity index is 1070. The number of nitrogens with one attached hydrogen (secondary N) is 1. The van der Waals surface area contributed by atoms with Gasteiger partial charge in [-0.15, -0.1) is 0 Å². The van der Waals surface area contributed by atoms with Crippen LogP contribution in [0.5, 0.6) is 0 Å². The van der Waals surface area contributed by atoms with Gasteiger partial charge in [0.15, 0.2) is 9.84 Å². The first-order valence-electron chi connectivity index (χ1n) is 10.3. The molecule has 0 unspecified atom stereocenters. The van der Waals surface area contributed by atoms with Crippen molar-refractivity contribution in [2.75, 3.05) is 31.9 Å². The maximum Gasteiger partial charge on any atom is 0.347 e. The molecular weight excluding hydrogens is 408 g/mol. The average molecular weight is 437 g/mol. The summed E-state index contributed by atoms with van der Waals surface area (Å²) in [5.74, 6) is -1.53. The van der Waals surface area contributed by atoms with E-state index in [1.807, 2.05) is 0 Å². The normalized spacial score (nSPS) is 15.4. The van der Waals surface area contributed by atoms with Crippen LogP contribution < -0.4 is 9.74 Å². The Kier molecular flexibility index (Phi) is 7.09. The van der Waals surface area contributed by atoms with E-state index >= 15 is 0 Å². The minimum atomic E-state index is -3.69. The minimum Gasteiger partial charge on any atom is -0.805 e. The van der Waals surface area contributed by atoms with Gasteiger partial charge in [-0.1, -0.05) is 18.6 Å². The maximum atomic E-state index is 12.9. The first-order valence-corrected chi connectivity index (χ1v) is 12.1. The lowest BCUT2D eigenvalue weighted by Crippen LogP contribution is -2.38. The van der Waals surface area contributed by atoms with Gasteiger partial charge in [0.05, 0.1) is 15.9 Å². The number of likely N-dealkylation sites (tertiary alicyclic amines) is 1. The summed E-state index contributed by atoms with van der Waals surface area (Å²) < 4.78 is 26.3. The number of amides is 1. The van der Waals surface area contributed by atoms with Crippen molar-refractivity contribution >= 4 is 26.8 Å². The van der Waals surface area contributed by atoms with Gasteiger partial charge in [-0.2, -0.15) is 0 Å². The van der Waals surface area contributed by atoms with E-state index in [2.05, 4.69) is 10.2 Å². The molecular formula is C20H28N4O5S. The molecule has 2 aromatic rings. The number of piperidine rings is 1. The van der Waals surface area contributed by atoms with Crippen molar-refractivity contribution in [3.8, 4) is 0 Å². The highest BCUT2D eigenvalue weighted by molar-refractivity contribution is 7.90. The van der Waals surface area contributed by atoms with Gasteiger partial charge in [-0.3, -0.25) is 4.79 Å². The van der Waals surface area contributed by atoms with E-state index < -0.39 is 27.2 Å². The number of nitrogens with zero attached hydrogens (tertiary/aromatic N) is 3. The Labute approximate surface area is 175 Å². The van der Waals surface area contributed by atoms with Crippen molar-refractivity contribution in [1.29, 1.82) is 0 Å². The summed E-state index contributed by atoms with van der Waals surface area (Å²) in [5, 5.41) is 15.4. The van der Waals surface area contributed by atoms with Crippen molar-refractivity contribution < 1.29 is 17.6 Å². The molecule has 1 N–H and O–H groups in total. The van der Waals surface area contributed by atoms with Gasteiger partial charge in [0.1, 0.15) is 11.2 Å². The van der Waals surface area contributed by atoms with Crippen LogP contribution in [0, 0.1) is 10.1 Å². The molecule has 0 spiro atoms. The zero-order valence-electron chi connectivity index (χ0n) is 17.2. The molecule has 0 radical (unpaired) electrons. The molecule has 30 heavy (non-hydrogen) atoms. The summed E-state index contributed by atoms with van der Waals surface area (Å²) in [6, 6.07) is 6.02. The zero-order valence-corrected chi connectivity index (χ0v) is 18.0. The summed E-state index contributed by atoms with van der Waals surface area (Å²) in [7, 11) is -3.69. The second kappa shape index (κ2) is 9.57. The smallest absolute Gasteiger partial charge is 0.347 e. The summed E-state index contributed by atoms with van der Waals surface area (Å²) in [6.07, 6.45) is 3.90. The molecule has 1 saturated heterocycles. The third-order valence-electron chi connectivity index (χ3n) is 5.33. The molecule has 2 heterocycles. The quantitative estimate of drug-likeness (QED) is 0.626. The Balaban J connectivity index is 1.89. The molecule has 1 aromatic heterocycles. The monoisotopic (exact) mass is 436 g/mol. The number of hydrogen-bond acceptors (Lipinski definition) is 6. The van der Waals surface area contributed by atoms with E-state index in [9.17, 15) is 23.3 Å². The van der Waals surface area contributed by atoms with Crippen LogP contribution in [0.25, 0.3) is 11.0 Å². The number of rotatable bonds is 8. The Morgan fingerprint density at radius 1 is 1.20 bits per heavy atom. The maximum absolute atomic E-state index is 12.9. The molecule has 1 fully saturated rings. The SMILES string of the molecule is CCNC(=O)c1c(CS(=O)(=O)CCCN2CCCCC2)n([O-])c2ccccc2[n+]1=O. The van der Waals surface area contributed by atoms with Crippen LogP contribution in [0.2, 0.25) is 0 Å². The molecule has 0 atom stereocenters. The fourth-order valence-corrected chi connectivity index (χ4v) is 5.24. The number of sulfone groups is 1. The van der Waals surface area contributed by atoms with E-state index in [1.165, 1.54) is 18.6 Å². The number of fused-ring (bicyclic) bond motifs is 1. The third kappa shape index (κ3) is 4.99. The fraction of sp³-hybridized carbons (Fsp3) is 0.550. The predicted molar refractivity (Wildman–Crippen MR) is 114 cm³/mol. The van der Waals surface area contributed by atoms with Gasteiger partial charge in [-0.25, -0.2) is 8.42 Å². The van der Waals surface area contributed by atoms with Crippen molar-refractivity contribution in [3.05, 3.63) is 45.8 Å². The number of carbonyl (C=O) groups is 1. The molecule has 1 aliphatic heterocycles. The molecule has 10 heteroatoms. The number of para-hydroxylation sites is 2. The number of aromatic nitrogens is 2.